The predicted molar refractivity (Wildman–Crippen MR) is 45.5 cm³/mol. The van der Waals surface area contributed by atoms with E-state index in [9.17, 15) is 0 Å². The number of aromatic nitrogens is 2. The number of imidazole rings is 1. The standard InChI is InChI=1S/C9H10N2/c1-7-4-3-5-8-9(7)10-6-11(8)2/h3-6H,1-2H3/i6T. The molecule has 0 fully saturated rings. The molecule has 0 aliphatic rings. The highest BCUT2D eigenvalue weighted by molar-refractivity contribution is 5.78. The van der Waals surface area contributed by atoms with E-state index in [1.165, 1.54) is 0 Å². The van der Waals surface area contributed by atoms with Crippen LogP contribution in [0.25, 0.3) is 11.0 Å². The summed E-state index contributed by atoms with van der Waals surface area (Å²) in [6.07, 6.45) is 0.319. The Kier molecular flexibility index (Phi) is 1.02. The van der Waals surface area contributed by atoms with Gasteiger partial charge in [-0.05, 0) is 18.6 Å². The maximum absolute atomic E-state index is 7.50. The minimum absolute atomic E-state index is 0.319. The summed E-state index contributed by atoms with van der Waals surface area (Å²) in [6.45, 7) is 2.01. The third kappa shape index (κ3) is 0.827. The van der Waals surface area contributed by atoms with Crippen LogP contribution in [0.5, 0.6) is 0 Å². The van der Waals surface area contributed by atoms with Gasteiger partial charge in [-0.1, -0.05) is 12.1 Å². The zero-order chi connectivity index (χ0) is 8.72. The van der Waals surface area contributed by atoms with Crippen molar-refractivity contribution in [1.82, 2.24) is 9.55 Å². The number of para-hydroxylation sites is 1. The molecule has 0 N–H and O–H groups in total. The van der Waals surface area contributed by atoms with E-state index in [1.807, 2.05) is 32.2 Å². The molecule has 0 aliphatic heterocycles. The van der Waals surface area contributed by atoms with Crippen LogP contribution in [-0.2, 0) is 7.05 Å². The third-order valence-electron chi connectivity index (χ3n) is 1.89. The average Bonchev–Trinajstić information content (AvgIpc) is 2.32. The molecule has 0 amide bonds. The highest BCUT2D eigenvalue weighted by Crippen LogP contribution is 2.14. The predicted octanol–water partition coefficient (Wildman–Crippen LogP) is 1.88. The van der Waals surface area contributed by atoms with Gasteiger partial charge in [0.05, 0.1) is 17.3 Å². The van der Waals surface area contributed by atoms with Crippen molar-refractivity contribution in [2.45, 2.75) is 6.92 Å². The molecule has 1 heterocycles. The van der Waals surface area contributed by atoms with Crippen molar-refractivity contribution in [3.8, 4) is 0 Å². The first-order valence-electron chi connectivity index (χ1n) is 4.09. The fourth-order valence-corrected chi connectivity index (χ4v) is 1.24. The summed E-state index contributed by atoms with van der Waals surface area (Å²) in [5.74, 6) is 0. The maximum atomic E-state index is 7.50. The molecule has 2 aromatic rings. The molecule has 0 saturated carbocycles. The second-order valence-corrected chi connectivity index (χ2v) is 2.71. The molecular formula is C9H10N2. The zero-order valence-corrected chi connectivity index (χ0v) is 6.63. The average molecular weight is 148 g/mol. The topological polar surface area (TPSA) is 17.8 Å². The van der Waals surface area contributed by atoms with Crippen LogP contribution >= 0.6 is 0 Å². The van der Waals surface area contributed by atoms with E-state index in [0.717, 1.165) is 16.6 Å². The van der Waals surface area contributed by atoms with Crippen LogP contribution in [0.4, 0.5) is 0 Å². The van der Waals surface area contributed by atoms with Crippen molar-refractivity contribution in [2.24, 2.45) is 7.05 Å². The van der Waals surface area contributed by atoms with Gasteiger partial charge in [-0.3, -0.25) is 0 Å². The second kappa shape index (κ2) is 2.09. The smallest absolute Gasteiger partial charge is 0.104 e. The van der Waals surface area contributed by atoms with Crippen molar-refractivity contribution >= 4 is 11.0 Å². The summed E-state index contributed by atoms with van der Waals surface area (Å²) in [5.41, 5.74) is 3.09. The number of nitrogens with zero attached hydrogens (tertiary/aromatic N) is 2. The van der Waals surface area contributed by atoms with Gasteiger partial charge in [-0.2, -0.15) is 0 Å². The van der Waals surface area contributed by atoms with Gasteiger partial charge in [0, 0.05) is 7.05 Å². The SMILES string of the molecule is [3H]c1nc2c(C)cccc2n1C. The Labute approximate surface area is 66.9 Å². The van der Waals surface area contributed by atoms with Gasteiger partial charge in [0.25, 0.3) is 0 Å². The number of benzene rings is 1. The quantitative estimate of drug-likeness (QED) is 0.557. The fourth-order valence-electron chi connectivity index (χ4n) is 1.24. The molecule has 0 saturated heterocycles. The Morgan fingerprint density at radius 3 is 3.09 bits per heavy atom. The molecule has 0 unspecified atom stereocenters. The lowest BCUT2D eigenvalue weighted by atomic mass is 10.2. The summed E-state index contributed by atoms with van der Waals surface area (Å²) >= 11 is 0. The van der Waals surface area contributed by atoms with Gasteiger partial charge >= 0.3 is 0 Å². The Balaban J connectivity index is 2.95. The first-order valence-corrected chi connectivity index (χ1v) is 3.59. The van der Waals surface area contributed by atoms with Crippen LogP contribution in [-0.4, -0.2) is 9.55 Å². The normalized spacial score (nSPS) is 12.0. The molecule has 56 valence electrons. The van der Waals surface area contributed by atoms with Crippen molar-refractivity contribution in [2.75, 3.05) is 0 Å². The Hall–Kier alpha value is -1.31. The Morgan fingerprint density at radius 2 is 2.36 bits per heavy atom. The Morgan fingerprint density at radius 1 is 1.55 bits per heavy atom. The molecule has 2 nitrogen and oxygen atoms in total. The van der Waals surface area contributed by atoms with Crippen LogP contribution in [0.1, 0.15) is 6.93 Å². The summed E-state index contributed by atoms with van der Waals surface area (Å²) in [7, 11) is 1.86. The molecule has 2 rings (SSSR count). The molecule has 0 spiro atoms. The van der Waals surface area contributed by atoms with E-state index < -0.39 is 0 Å². The summed E-state index contributed by atoms with van der Waals surface area (Å²) < 4.78 is 9.28. The molecule has 11 heavy (non-hydrogen) atoms. The van der Waals surface area contributed by atoms with Crippen molar-refractivity contribution in [3.05, 3.63) is 30.1 Å². The van der Waals surface area contributed by atoms with Gasteiger partial charge in [0.15, 0.2) is 0 Å². The van der Waals surface area contributed by atoms with E-state index in [-0.39, 0.29) is 0 Å². The largest absolute Gasteiger partial charge is 0.334 e. The van der Waals surface area contributed by atoms with Crippen LogP contribution in [0.3, 0.4) is 0 Å². The van der Waals surface area contributed by atoms with Gasteiger partial charge in [-0.15, -0.1) is 0 Å². The number of rotatable bonds is 0. The van der Waals surface area contributed by atoms with Gasteiger partial charge in [0.1, 0.15) is 1.37 Å². The van der Waals surface area contributed by atoms with Crippen LogP contribution in [0.2, 0.25) is 0 Å². The molecule has 0 atom stereocenters. The monoisotopic (exact) mass is 148 g/mol. The third-order valence-corrected chi connectivity index (χ3v) is 1.89. The first kappa shape index (κ1) is 5.35. The minimum Gasteiger partial charge on any atom is -0.334 e. The van der Waals surface area contributed by atoms with Crippen LogP contribution in [0.15, 0.2) is 24.5 Å². The molecule has 1 aromatic heterocycles. The van der Waals surface area contributed by atoms with E-state index in [2.05, 4.69) is 4.98 Å². The summed E-state index contributed by atoms with van der Waals surface area (Å²) in [6, 6.07) is 5.97. The van der Waals surface area contributed by atoms with Crippen molar-refractivity contribution in [1.29, 1.82) is 0 Å². The minimum atomic E-state index is 0.319. The zero-order valence-electron chi connectivity index (χ0n) is 7.63. The maximum Gasteiger partial charge on any atom is 0.104 e. The van der Waals surface area contributed by atoms with Crippen LogP contribution in [0, 0.1) is 6.92 Å². The highest BCUT2D eigenvalue weighted by Gasteiger charge is 1.99. The van der Waals surface area contributed by atoms with Gasteiger partial charge < -0.3 is 4.57 Å². The molecule has 0 bridgehead atoms. The Bertz CT molecular complexity index is 431. The first-order chi connectivity index (χ1) is 5.70. The summed E-state index contributed by atoms with van der Waals surface area (Å²) in [4.78, 5) is 4.14. The van der Waals surface area contributed by atoms with Crippen molar-refractivity contribution in [3.63, 3.8) is 0 Å². The van der Waals surface area contributed by atoms with E-state index in [1.54, 1.807) is 4.57 Å². The van der Waals surface area contributed by atoms with Gasteiger partial charge in [-0.25, -0.2) is 4.98 Å². The number of fused-ring (bicyclic) bond motifs is 1. The number of hydrogen-bond acceptors (Lipinski definition) is 1. The molecular weight excluding hydrogens is 136 g/mol. The van der Waals surface area contributed by atoms with E-state index in [4.69, 9.17) is 1.37 Å². The van der Waals surface area contributed by atoms with Crippen LogP contribution < -0.4 is 0 Å². The lowest BCUT2D eigenvalue weighted by Gasteiger charge is -1.94. The molecule has 0 radical (unpaired) electrons. The summed E-state index contributed by atoms with van der Waals surface area (Å²) in [5, 5.41) is 0. The van der Waals surface area contributed by atoms with E-state index in [0.29, 0.717) is 6.30 Å². The lowest BCUT2D eigenvalue weighted by Crippen LogP contribution is -1.83. The number of hydrogen-bond donors (Lipinski definition) is 0. The second-order valence-electron chi connectivity index (χ2n) is 2.71. The van der Waals surface area contributed by atoms with Gasteiger partial charge in [0.2, 0.25) is 0 Å². The fraction of sp³-hybridized carbons (Fsp3) is 0.222. The lowest BCUT2D eigenvalue weighted by molar-refractivity contribution is 0.948. The van der Waals surface area contributed by atoms with E-state index >= 15 is 0 Å². The van der Waals surface area contributed by atoms with Crippen molar-refractivity contribution < 1.29 is 1.37 Å². The molecule has 0 aliphatic carbocycles. The molecule has 1 aromatic carbocycles. The highest BCUT2D eigenvalue weighted by atomic mass is 15.0. The number of aryl methyl sites for hydroxylation is 2. The molecule has 2 heteroatoms.